The molecule has 0 heterocycles. The predicted molar refractivity (Wildman–Crippen MR) is 102 cm³/mol. The monoisotopic (exact) mass is 353 g/mol. The molecular formula is C20H23N3O3. The Kier molecular flexibility index (Phi) is 7.36. The van der Waals surface area contributed by atoms with E-state index in [1.165, 1.54) is 5.56 Å². The van der Waals surface area contributed by atoms with Gasteiger partial charge in [0.05, 0.1) is 6.61 Å². The van der Waals surface area contributed by atoms with Crippen molar-refractivity contribution in [1.29, 1.82) is 0 Å². The van der Waals surface area contributed by atoms with Gasteiger partial charge in [-0.15, -0.1) is 0 Å². The molecule has 0 aromatic heterocycles. The maximum Gasteiger partial charge on any atom is 0.329 e. The van der Waals surface area contributed by atoms with E-state index < -0.39 is 11.8 Å². The van der Waals surface area contributed by atoms with E-state index in [4.69, 9.17) is 4.74 Å². The highest BCUT2D eigenvalue weighted by Crippen LogP contribution is 2.15. The Morgan fingerprint density at radius 3 is 2.35 bits per heavy atom. The zero-order valence-electron chi connectivity index (χ0n) is 15.0. The summed E-state index contributed by atoms with van der Waals surface area (Å²) in [6.07, 6.45) is 1.52. The van der Waals surface area contributed by atoms with Crippen molar-refractivity contribution in [2.75, 3.05) is 11.9 Å². The number of rotatable bonds is 7. The Bertz CT molecular complexity index is 756. The fourth-order valence-electron chi connectivity index (χ4n) is 2.21. The fourth-order valence-corrected chi connectivity index (χ4v) is 2.21. The molecule has 136 valence electrons. The highest BCUT2D eigenvalue weighted by atomic mass is 16.5. The van der Waals surface area contributed by atoms with Gasteiger partial charge < -0.3 is 10.1 Å². The summed E-state index contributed by atoms with van der Waals surface area (Å²) < 4.78 is 5.32. The van der Waals surface area contributed by atoms with E-state index in [0.29, 0.717) is 24.5 Å². The van der Waals surface area contributed by atoms with Crippen LogP contribution in [-0.4, -0.2) is 24.1 Å². The molecule has 2 rings (SSSR count). The van der Waals surface area contributed by atoms with E-state index in [1.807, 2.05) is 44.2 Å². The molecule has 0 radical (unpaired) electrons. The fraction of sp³-hybridized carbons (Fsp3) is 0.250. The van der Waals surface area contributed by atoms with Crippen molar-refractivity contribution in [3.8, 4) is 5.75 Å². The Morgan fingerprint density at radius 1 is 1.00 bits per heavy atom. The molecule has 0 saturated heterocycles. The van der Waals surface area contributed by atoms with Crippen molar-refractivity contribution in [1.82, 2.24) is 5.43 Å². The normalized spacial score (nSPS) is 10.9. The van der Waals surface area contributed by atoms with Crippen LogP contribution in [0.2, 0.25) is 0 Å². The first-order valence-corrected chi connectivity index (χ1v) is 8.49. The highest BCUT2D eigenvalue weighted by molar-refractivity contribution is 6.39. The van der Waals surface area contributed by atoms with Crippen molar-refractivity contribution in [3.63, 3.8) is 0 Å². The van der Waals surface area contributed by atoms with Crippen LogP contribution in [0.3, 0.4) is 0 Å². The largest absolute Gasteiger partial charge is 0.494 e. The van der Waals surface area contributed by atoms with Crippen molar-refractivity contribution >= 4 is 23.2 Å². The van der Waals surface area contributed by atoms with E-state index in [2.05, 4.69) is 15.8 Å². The molecule has 0 aliphatic rings. The van der Waals surface area contributed by atoms with Gasteiger partial charge in [0.2, 0.25) is 0 Å². The Labute approximate surface area is 153 Å². The summed E-state index contributed by atoms with van der Waals surface area (Å²) in [5.41, 5.74) is 4.74. The van der Waals surface area contributed by atoms with Gasteiger partial charge in [0.25, 0.3) is 0 Å². The van der Waals surface area contributed by atoms with Crippen LogP contribution in [-0.2, 0) is 16.0 Å². The van der Waals surface area contributed by atoms with Crippen molar-refractivity contribution < 1.29 is 14.3 Å². The number of hydrogen-bond acceptors (Lipinski definition) is 4. The van der Waals surface area contributed by atoms with Gasteiger partial charge in [-0.3, -0.25) is 9.59 Å². The van der Waals surface area contributed by atoms with Crippen LogP contribution in [0.25, 0.3) is 0 Å². The second kappa shape index (κ2) is 9.98. The molecule has 2 aromatic carbocycles. The molecule has 0 unspecified atom stereocenters. The van der Waals surface area contributed by atoms with Gasteiger partial charge in [0.1, 0.15) is 5.75 Å². The lowest BCUT2D eigenvalue weighted by molar-refractivity contribution is -0.136. The minimum absolute atomic E-state index is 0.512. The third-order valence-electron chi connectivity index (χ3n) is 3.60. The summed E-state index contributed by atoms with van der Waals surface area (Å²) in [6.45, 7) is 4.27. The lowest BCUT2D eigenvalue weighted by atomic mass is 10.1. The van der Waals surface area contributed by atoms with Crippen LogP contribution < -0.4 is 15.5 Å². The van der Waals surface area contributed by atoms with Crippen molar-refractivity contribution in [2.45, 2.75) is 26.7 Å². The molecule has 6 nitrogen and oxygen atoms in total. The predicted octanol–water partition coefficient (Wildman–Crippen LogP) is 3.15. The van der Waals surface area contributed by atoms with Crippen LogP contribution >= 0.6 is 0 Å². The first-order chi connectivity index (χ1) is 12.6. The molecule has 2 aromatic rings. The number of amides is 2. The van der Waals surface area contributed by atoms with Gasteiger partial charge >= 0.3 is 11.8 Å². The highest BCUT2D eigenvalue weighted by Gasteiger charge is 2.13. The molecule has 0 bridgehead atoms. The average Bonchev–Trinajstić information content (AvgIpc) is 2.67. The summed E-state index contributed by atoms with van der Waals surface area (Å²) in [7, 11) is 0. The number of hydrogen-bond donors (Lipinski definition) is 2. The Morgan fingerprint density at radius 2 is 1.69 bits per heavy atom. The second-order valence-corrected chi connectivity index (χ2v) is 5.69. The number of carbonyl (C=O) groups is 2. The number of carbonyl (C=O) groups excluding carboxylic acids is 2. The van der Waals surface area contributed by atoms with Gasteiger partial charge in [0, 0.05) is 11.4 Å². The summed E-state index contributed by atoms with van der Waals surface area (Å²) in [5, 5.41) is 6.49. The first kappa shape index (κ1) is 19.2. The number of hydrazone groups is 1. The van der Waals surface area contributed by atoms with E-state index in [9.17, 15) is 9.59 Å². The van der Waals surface area contributed by atoms with Crippen LogP contribution in [0.5, 0.6) is 5.75 Å². The molecule has 0 aliphatic carbocycles. The molecule has 0 atom stereocenters. The molecule has 0 saturated carbocycles. The Balaban J connectivity index is 1.79. The number of anilines is 1. The molecule has 0 fully saturated rings. The van der Waals surface area contributed by atoms with Crippen molar-refractivity contribution in [3.05, 3.63) is 60.2 Å². The lowest BCUT2D eigenvalue weighted by Crippen LogP contribution is -2.32. The van der Waals surface area contributed by atoms with Gasteiger partial charge in [-0.2, -0.15) is 5.10 Å². The van der Waals surface area contributed by atoms with E-state index in [-0.39, 0.29) is 0 Å². The van der Waals surface area contributed by atoms with Gasteiger partial charge in [-0.1, -0.05) is 30.3 Å². The molecule has 0 aliphatic heterocycles. The summed E-state index contributed by atoms with van der Waals surface area (Å²) in [6, 6.07) is 16.8. The first-order valence-electron chi connectivity index (χ1n) is 8.49. The molecular weight excluding hydrogens is 330 g/mol. The number of ether oxygens (including phenoxy) is 1. The maximum atomic E-state index is 11.9. The Hall–Kier alpha value is -3.15. The van der Waals surface area contributed by atoms with Crippen LogP contribution in [0.15, 0.2) is 59.7 Å². The van der Waals surface area contributed by atoms with Gasteiger partial charge in [-0.05, 0) is 56.5 Å². The van der Waals surface area contributed by atoms with Gasteiger partial charge in [0.15, 0.2) is 0 Å². The van der Waals surface area contributed by atoms with Crippen LogP contribution in [0, 0.1) is 0 Å². The maximum absolute atomic E-state index is 11.9. The van der Waals surface area contributed by atoms with Crippen LogP contribution in [0.4, 0.5) is 5.69 Å². The summed E-state index contributed by atoms with van der Waals surface area (Å²) in [4.78, 5) is 23.7. The molecule has 0 spiro atoms. The number of benzene rings is 2. The summed E-state index contributed by atoms with van der Waals surface area (Å²) in [5.74, 6) is -0.875. The minimum atomic E-state index is -0.807. The van der Waals surface area contributed by atoms with Crippen LogP contribution in [0.1, 0.15) is 25.8 Å². The molecule has 2 amide bonds. The topological polar surface area (TPSA) is 79.8 Å². The van der Waals surface area contributed by atoms with Crippen molar-refractivity contribution in [2.24, 2.45) is 5.10 Å². The quantitative estimate of drug-likeness (QED) is 0.456. The van der Waals surface area contributed by atoms with E-state index in [1.54, 1.807) is 24.3 Å². The minimum Gasteiger partial charge on any atom is -0.494 e. The molecule has 6 heteroatoms. The number of nitrogens with one attached hydrogen (secondary N) is 2. The van der Waals surface area contributed by atoms with Gasteiger partial charge in [-0.25, -0.2) is 5.43 Å². The third kappa shape index (κ3) is 6.39. The zero-order valence-corrected chi connectivity index (χ0v) is 15.0. The molecule has 2 N–H and O–H groups in total. The lowest BCUT2D eigenvalue weighted by Gasteiger charge is -2.07. The van der Waals surface area contributed by atoms with E-state index >= 15 is 0 Å². The standard InChI is InChI=1S/C20H23N3O3/c1-3-26-18-13-11-17(12-14-18)21-19(24)20(25)23-22-15(2)9-10-16-7-5-4-6-8-16/h4-8,11-14H,3,9-10H2,1-2H3,(H,21,24)(H,23,25). The molecule has 26 heavy (non-hydrogen) atoms. The smallest absolute Gasteiger partial charge is 0.329 e. The third-order valence-corrected chi connectivity index (χ3v) is 3.60. The number of aryl methyl sites for hydroxylation is 1. The SMILES string of the molecule is CCOc1ccc(NC(=O)C(=O)NN=C(C)CCc2ccccc2)cc1. The second-order valence-electron chi connectivity index (χ2n) is 5.69. The average molecular weight is 353 g/mol. The van der Waals surface area contributed by atoms with E-state index in [0.717, 1.165) is 12.1 Å². The number of nitrogens with zero attached hydrogens (tertiary/aromatic N) is 1. The summed E-state index contributed by atoms with van der Waals surface area (Å²) >= 11 is 0. The zero-order chi connectivity index (χ0) is 18.8.